The van der Waals surface area contributed by atoms with Crippen molar-refractivity contribution < 1.29 is 34.2 Å². The molecule has 9 N–H and O–H groups in total. The first kappa shape index (κ1) is 26.3. The molecule has 0 aliphatic heterocycles. The van der Waals surface area contributed by atoms with E-state index in [9.17, 15) is 29.1 Å². The van der Waals surface area contributed by atoms with E-state index in [1.54, 1.807) is 13.8 Å². The predicted molar refractivity (Wildman–Crippen MR) is 102 cm³/mol. The van der Waals surface area contributed by atoms with Crippen LogP contribution in [0.2, 0.25) is 0 Å². The molecule has 0 spiro atoms. The van der Waals surface area contributed by atoms with Gasteiger partial charge in [0.15, 0.2) is 0 Å². The molecule has 0 saturated heterocycles. The number of nitrogens with one attached hydrogen (secondary N) is 3. The van der Waals surface area contributed by atoms with Crippen molar-refractivity contribution in [2.45, 2.75) is 57.7 Å². The van der Waals surface area contributed by atoms with Gasteiger partial charge >= 0.3 is 11.9 Å². The van der Waals surface area contributed by atoms with E-state index >= 15 is 0 Å². The molecule has 0 aliphatic carbocycles. The van der Waals surface area contributed by atoms with Crippen molar-refractivity contribution >= 4 is 29.7 Å². The van der Waals surface area contributed by atoms with Crippen LogP contribution in [0.1, 0.15) is 39.5 Å². The Kier molecular flexibility index (Phi) is 12.2. The van der Waals surface area contributed by atoms with Gasteiger partial charge < -0.3 is 37.6 Å². The van der Waals surface area contributed by atoms with Crippen molar-refractivity contribution in [1.29, 1.82) is 0 Å². The van der Waals surface area contributed by atoms with Gasteiger partial charge in [-0.25, -0.2) is 4.79 Å². The smallest absolute Gasteiger partial charge is 0.326 e. The highest BCUT2D eigenvalue weighted by atomic mass is 16.4. The standard InChI is InChI=1S/C17H31N5O7/c1-9(2)14(16(27)21-10(17(28)29)5-3-4-6-18)22-15(26)11(7-13(24)25)20-12(23)8-19/h9-11,14H,3-8,18-19H2,1-2H3,(H,20,23)(H,21,27)(H,22,26)(H,24,25)(H,28,29). The summed E-state index contributed by atoms with van der Waals surface area (Å²) in [5, 5.41) is 25.2. The van der Waals surface area contributed by atoms with E-state index in [0.29, 0.717) is 19.4 Å². The number of unbranched alkanes of at least 4 members (excludes halogenated alkanes) is 1. The quantitative estimate of drug-likeness (QED) is 0.152. The molecule has 166 valence electrons. The average Bonchev–Trinajstić information content (AvgIpc) is 2.63. The zero-order valence-corrected chi connectivity index (χ0v) is 16.6. The van der Waals surface area contributed by atoms with Crippen molar-refractivity contribution in [3.05, 3.63) is 0 Å². The number of amides is 3. The van der Waals surface area contributed by atoms with Gasteiger partial charge in [-0.05, 0) is 31.7 Å². The number of rotatable bonds is 14. The van der Waals surface area contributed by atoms with Crippen LogP contribution in [0.3, 0.4) is 0 Å². The van der Waals surface area contributed by atoms with Crippen LogP contribution in [0.25, 0.3) is 0 Å². The summed E-state index contributed by atoms with van der Waals surface area (Å²) in [6.07, 6.45) is 0.562. The molecular weight excluding hydrogens is 386 g/mol. The summed E-state index contributed by atoms with van der Waals surface area (Å²) < 4.78 is 0. The minimum absolute atomic E-state index is 0.172. The van der Waals surface area contributed by atoms with E-state index in [1.165, 1.54) is 0 Å². The monoisotopic (exact) mass is 417 g/mol. The summed E-state index contributed by atoms with van der Waals surface area (Å²) in [5.74, 6) is -5.34. The molecule has 0 radical (unpaired) electrons. The highest BCUT2D eigenvalue weighted by Crippen LogP contribution is 2.07. The number of carboxylic acids is 2. The molecule has 3 unspecified atom stereocenters. The molecule has 0 saturated carbocycles. The van der Waals surface area contributed by atoms with Crippen LogP contribution in [-0.4, -0.2) is 71.1 Å². The van der Waals surface area contributed by atoms with E-state index in [1.807, 2.05) is 0 Å². The Morgan fingerprint density at radius 2 is 1.48 bits per heavy atom. The molecule has 0 aromatic heterocycles. The summed E-state index contributed by atoms with van der Waals surface area (Å²) in [4.78, 5) is 58.8. The van der Waals surface area contributed by atoms with Gasteiger partial charge in [0.05, 0.1) is 13.0 Å². The van der Waals surface area contributed by atoms with Crippen molar-refractivity contribution in [2.24, 2.45) is 17.4 Å². The maximum Gasteiger partial charge on any atom is 0.326 e. The first-order chi connectivity index (χ1) is 13.5. The molecule has 0 aromatic rings. The van der Waals surface area contributed by atoms with Crippen LogP contribution in [0, 0.1) is 5.92 Å². The Labute approximate surface area is 168 Å². The highest BCUT2D eigenvalue weighted by Gasteiger charge is 2.31. The fraction of sp³-hybridized carbons (Fsp3) is 0.706. The molecule has 12 heteroatoms. The second-order valence-corrected chi connectivity index (χ2v) is 6.84. The molecule has 12 nitrogen and oxygen atoms in total. The number of hydrogen-bond acceptors (Lipinski definition) is 7. The Morgan fingerprint density at radius 3 is 1.93 bits per heavy atom. The van der Waals surface area contributed by atoms with Crippen molar-refractivity contribution in [1.82, 2.24) is 16.0 Å². The Balaban J connectivity index is 5.22. The fourth-order valence-electron chi connectivity index (χ4n) is 2.44. The third-order valence-corrected chi connectivity index (χ3v) is 4.02. The van der Waals surface area contributed by atoms with Gasteiger partial charge in [0.1, 0.15) is 18.1 Å². The second kappa shape index (κ2) is 13.4. The first-order valence-corrected chi connectivity index (χ1v) is 9.28. The molecule has 0 bridgehead atoms. The van der Waals surface area contributed by atoms with Crippen LogP contribution >= 0.6 is 0 Å². The van der Waals surface area contributed by atoms with Crippen LogP contribution in [-0.2, 0) is 24.0 Å². The van der Waals surface area contributed by atoms with E-state index in [2.05, 4.69) is 16.0 Å². The SMILES string of the molecule is CC(C)C(NC(=O)C(CC(=O)O)NC(=O)CN)C(=O)NC(CCCCN)C(=O)O. The minimum Gasteiger partial charge on any atom is -0.481 e. The third kappa shape index (κ3) is 10.4. The van der Waals surface area contributed by atoms with E-state index in [4.69, 9.17) is 16.6 Å². The maximum atomic E-state index is 12.6. The number of aliphatic carboxylic acids is 2. The van der Waals surface area contributed by atoms with Crippen LogP contribution in [0.15, 0.2) is 0 Å². The van der Waals surface area contributed by atoms with Gasteiger partial charge in [0, 0.05) is 0 Å². The predicted octanol–water partition coefficient (Wildman–Crippen LogP) is -2.26. The fourth-order valence-corrected chi connectivity index (χ4v) is 2.44. The summed E-state index contributed by atoms with van der Waals surface area (Å²) in [6.45, 7) is 3.20. The average molecular weight is 417 g/mol. The largest absolute Gasteiger partial charge is 0.481 e. The molecule has 0 fully saturated rings. The molecule has 0 rings (SSSR count). The lowest BCUT2D eigenvalue weighted by atomic mass is 10.0. The number of carbonyl (C=O) groups is 5. The molecule has 0 aromatic carbocycles. The first-order valence-electron chi connectivity index (χ1n) is 9.28. The number of carboxylic acid groups (broad SMARTS) is 2. The summed E-state index contributed by atoms with van der Waals surface area (Å²) in [6, 6.07) is -3.72. The Morgan fingerprint density at radius 1 is 0.862 bits per heavy atom. The van der Waals surface area contributed by atoms with Gasteiger partial charge in [-0.15, -0.1) is 0 Å². The number of carbonyl (C=O) groups excluding carboxylic acids is 3. The molecule has 3 atom stereocenters. The molecular formula is C17H31N5O7. The lowest BCUT2D eigenvalue weighted by Gasteiger charge is -2.26. The highest BCUT2D eigenvalue weighted by molar-refractivity contribution is 5.95. The Hall–Kier alpha value is -2.73. The topological polar surface area (TPSA) is 214 Å². The second-order valence-electron chi connectivity index (χ2n) is 6.84. The van der Waals surface area contributed by atoms with Gasteiger partial charge in [0.2, 0.25) is 17.7 Å². The third-order valence-electron chi connectivity index (χ3n) is 4.02. The lowest BCUT2D eigenvalue weighted by molar-refractivity contribution is -0.143. The summed E-state index contributed by atoms with van der Waals surface area (Å²) in [5.41, 5.74) is 10.5. The molecule has 0 heterocycles. The van der Waals surface area contributed by atoms with Crippen LogP contribution < -0.4 is 27.4 Å². The van der Waals surface area contributed by atoms with Crippen LogP contribution in [0.5, 0.6) is 0 Å². The molecule has 29 heavy (non-hydrogen) atoms. The van der Waals surface area contributed by atoms with Crippen LogP contribution in [0.4, 0.5) is 0 Å². The molecule has 0 aliphatic rings. The van der Waals surface area contributed by atoms with Gasteiger partial charge in [-0.2, -0.15) is 0 Å². The van der Waals surface area contributed by atoms with E-state index in [-0.39, 0.29) is 6.42 Å². The van der Waals surface area contributed by atoms with Crippen molar-refractivity contribution in [3.8, 4) is 0 Å². The van der Waals surface area contributed by atoms with E-state index < -0.39 is 66.7 Å². The van der Waals surface area contributed by atoms with Gasteiger partial charge in [0.25, 0.3) is 0 Å². The molecule has 3 amide bonds. The normalized spacial score (nSPS) is 13.8. The van der Waals surface area contributed by atoms with Gasteiger partial charge in [-0.1, -0.05) is 13.8 Å². The lowest BCUT2D eigenvalue weighted by Crippen LogP contribution is -2.58. The number of nitrogens with two attached hydrogens (primary N) is 2. The summed E-state index contributed by atoms with van der Waals surface area (Å²) >= 11 is 0. The van der Waals surface area contributed by atoms with Crippen molar-refractivity contribution in [2.75, 3.05) is 13.1 Å². The van der Waals surface area contributed by atoms with Gasteiger partial charge in [-0.3, -0.25) is 19.2 Å². The number of hydrogen-bond donors (Lipinski definition) is 7. The minimum atomic E-state index is -1.43. The van der Waals surface area contributed by atoms with Crippen molar-refractivity contribution in [3.63, 3.8) is 0 Å². The van der Waals surface area contributed by atoms with E-state index in [0.717, 1.165) is 0 Å². The zero-order chi connectivity index (χ0) is 22.6. The Bertz CT molecular complexity index is 597. The maximum absolute atomic E-state index is 12.6. The zero-order valence-electron chi connectivity index (χ0n) is 16.6. The summed E-state index contributed by atoms with van der Waals surface area (Å²) in [7, 11) is 0.